The Balaban J connectivity index is 1.47. The van der Waals surface area contributed by atoms with Crippen molar-refractivity contribution in [1.82, 2.24) is 9.29 Å². The van der Waals surface area contributed by atoms with Crippen molar-refractivity contribution in [3.05, 3.63) is 88.9 Å². The zero-order valence-corrected chi connectivity index (χ0v) is 21.3. The Hall–Kier alpha value is -2.78. The van der Waals surface area contributed by atoms with E-state index < -0.39 is 10.0 Å². The summed E-state index contributed by atoms with van der Waals surface area (Å²) in [6, 6.07) is 21.4. The highest BCUT2D eigenvalue weighted by atomic mass is 35.5. The van der Waals surface area contributed by atoms with Crippen LogP contribution in [0, 0.1) is 0 Å². The minimum Gasteiger partial charge on any atom is -0.279 e. The average molecular weight is 526 g/mol. The van der Waals surface area contributed by atoms with Gasteiger partial charge in [-0.05, 0) is 60.9 Å². The van der Waals surface area contributed by atoms with E-state index in [-0.39, 0.29) is 10.8 Å². The summed E-state index contributed by atoms with van der Waals surface area (Å²) in [5.74, 6) is -0.249. The number of aromatic nitrogens is 1. The van der Waals surface area contributed by atoms with Crippen molar-refractivity contribution in [3.63, 3.8) is 0 Å². The van der Waals surface area contributed by atoms with Crippen molar-refractivity contribution in [2.75, 3.05) is 18.0 Å². The van der Waals surface area contributed by atoms with Gasteiger partial charge in [-0.25, -0.2) is 13.4 Å². The van der Waals surface area contributed by atoms with Crippen LogP contribution in [0.1, 0.15) is 35.2 Å². The van der Waals surface area contributed by atoms with Gasteiger partial charge in [0.25, 0.3) is 5.91 Å². The molecular weight excluding hydrogens is 502 g/mol. The van der Waals surface area contributed by atoms with Gasteiger partial charge >= 0.3 is 0 Å². The van der Waals surface area contributed by atoms with Crippen LogP contribution in [0.4, 0.5) is 5.13 Å². The first kappa shape index (κ1) is 23.9. The largest absolute Gasteiger partial charge is 0.279 e. The molecule has 1 amide bonds. The van der Waals surface area contributed by atoms with Gasteiger partial charge in [0.2, 0.25) is 10.0 Å². The van der Waals surface area contributed by atoms with E-state index in [0.717, 1.165) is 35.0 Å². The standard InChI is InChI=1S/C26H24ClN3O3S2/c27-21-11-14-23-24(17-21)34-26(28-23)30(18-19-7-3-1-4-8-19)25(31)20-9-12-22(13-10-20)35(32,33)29-15-5-2-6-16-29/h1,3-4,7-14,17H,2,5-6,15-16,18H2. The van der Waals surface area contributed by atoms with E-state index in [1.165, 1.54) is 27.8 Å². The number of carbonyl (C=O) groups excluding carboxylic acids is 1. The summed E-state index contributed by atoms with van der Waals surface area (Å²) in [5.41, 5.74) is 2.13. The van der Waals surface area contributed by atoms with Crippen LogP contribution in [-0.4, -0.2) is 36.7 Å². The van der Waals surface area contributed by atoms with E-state index in [2.05, 4.69) is 4.98 Å². The number of piperidine rings is 1. The topological polar surface area (TPSA) is 70.6 Å². The fourth-order valence-electron chi connectivity index (χ4n) is 4.17. The predicted molar refractivity (Wildman–Crippen MR) is 141 cm³/mol. The van der Waals surface area contributed by atoms with E-state index in [0.29, 0.717) is 35.4 Å². The van der Waals surface area contributed by atoms with Crippen LogP contribution >= 0.6 is 22.9 Å². The molecule has 0 atom stereocenters. The Kier molecular flexibility index (Phi) is 6.88. The van der Waals surface area contributed by atoms with Crippen molar-refractivity contribution in [2.45, 2.75) is 30.7 Å². The first-order chi connectivity index (χ1) is 16.9. The molecular formula is C26H24ClN3O3S2. The van der Waals surface area contributed by atoms with Gasteiger partial charge in [-0.2, -0.15) is 4.31 Å². The number of thiazole rings is 1. The average Bonchev–Trinajstić information content (AvgIpc) is 3.31. The maximum atomic E-state index is 13.7. The zero-order chi connectivity index (χ0) is 24.4. The van der Waals surface area contributed by atoms with Crippen LogP contribution in [-0.2, 0) is 16.6 Å². The third-order valence-electron chi connectivity index (χ3n) is 6.05. The molecule has 6 nitrogen and oxygen atoms in total. The van der Waals surface area contributed by atoms with E-state index in [4.69, 9.17) is 11.6 Å². The summed E-state index contributed by atoms with van der Waals surface area (Å²) < 4.78 is 28.4. The molecule has 180 valence electrons. The summed E-state index contributed by atoms with van der Waals surface area (Å²) in [7, 11) is -3.56. The third kappa shape index (κ3) is 5.11. The van der Waals surface area contributed by atoms with Gasteiger partial charge in [0.15, 0.2) is 5.13 Å². The monoisotopic (exact) mass is 525 g/mol. The number of sulfonamides is 1. The molecule has 0 radical (unpaired) electrons. The number of halogens is 1. The Labute approximate surface area is 213 Å². The number of benzene rings is 3. The van der Waals surface area contributed by atoms with Crippen LogP contribution < -0.4 is 4.90 Å². The van der Waals surface area contributed by atoms with Crippen molar-refractivity contribution < 1.29 is 13.2 Å². The lowest BCUT2D eigenvalue weighted by Gasteiger charge is -2.26. The first-order valence-corrected chi connectivity index (χ1v) is 14.1. The molecule has 1 aliphatic rings. The summed E-state index contributed by atoms with van der Waals surface area (Å²) in [5, 5.41) is 1.17. The summed E-state index contributed by atoms with van der Waals surface area (Å²) >= 11 is 7.54. The lowest BCUT2D eigenvalue weighted by molar-refractivity contribution is 0.0985. The van der Waals surface area contributed by atoms with Gasteiger partial charge in [0.05, 0.1) is 21.7 Å². The maximum absolute atomic E-state index is 13.7. The quantitative estimate of drug-likeness (QED) is 0.311. The molecule has 0 spiro atoms. The summed E-state index contributed by atoms with van der Waals surface area (Å²) in [4.78, 5) is 20.2. The zero-order valence-electron chi connectivity index (χ0n) is 18.9. The van der Waals surface area contributed by atoms with Crippen molar-refractivity contribution in [3.8, 4) is 0 Å². The summed E-state index contributed by atoms with van der Waals surface area (Å²) in [6.45, 7) is 1.41. The fraction of sp³-hybridized carbons (Fsp3) is 0.231. The van der Waals surface area contributed by atoms with Gasteiger partial charge in [-0.15, -0.1) is 0 Å². The number of nitrogens with zero attached hydrogens (tertiary/aromatic N) is 3. The highest BCUT2D eigenvalue weighted by molar-refractivity contribution is 7.89. The molecule has 0 saturated carbocycles. The molecule has 1 aliphatic heterocycles. The van der Waals surface area contributed by atoms with Crippen molar-refractivity contribution in [2.24, 2.45) is 0 Å². The van der Waals surface area contributed by atoms with Gasteiger partial charge in [-0.3, -0.25) is 9.69 Å². The molecule has 4 aromatic rings. The van der Waals surface area contributed by atoms with Crippen LogP contribution in [0.5, 0.6) is 0 Å². The SMILES string of the molecule is O=C(c1ccc(S(=O)(=O)N2CCCCC2)cc1)N(Cc1ccccc1)c1nc2ccc(Cl)cc2s1. The van der Waals surface area contributed by atoms with Gasteiger partial charge in [0.1, 0.15) is 0 Å². The number of fused-ring (bicyclic) bond motifs is 1. The Morgan fingerprint density at radius 1 is 0.971 bits per heavy atom. The van der Waals surface area contributed by atoms with E-state index in [9.17, 15) is 13.2 Å². The Morgan fingerprint density at radius 3 is 2.40 bits per heavy atom. The molecule has 3 aromatic carbocycles. The molecule has 2 heterocycles. The second kappa shape index (κ2) is 10.1. The smallest absolute Gasteiger partial charge is 0.260 e. The van der Waals surface area contributed by atoms with Gasteiger partial charge < -0.3 is 0 Å². The lowest BCUT2D eigenvalue weighted by Crippen LogP contribution is -2.35. The number of anilines is 1. The van der Waals surface area contributed by atoms with Crippen LogP contribution in [0.15, 0.2) is 77.7 Å². The van der Waals surface area contributed by atoms with Gasteiger partial charge in [0, 0.05) is 23.7 Å². The number of hydrogen-bond acceptors (Lipinski definition) is 5. The molecule has 1 saturated heterocycles. The highest BCUT2D eigenvalue weighted by Crippen LogP contribution is 2.32. The minimum atomic E-state index is -3.56. The lowest BCUT2D eigenvalue weighted by atomic mass is 10.1. The first-order valence-electron chi connectivity index (χ1n) is 11.4. The molecule has 0 bridgehead atoms. The van der Waals surface area contributed by atoms with Crippen molar-refractivity contribution >= 4 is 54.2 Å². The van der Waals surface area contributed by atoms with Crippen LogP contribution in [0.3, 0.4) is 0 Å². The molecule has 1 aromatic heterocycles. The molecule has 35 heavy (non-hydrogen) atoms. The molecule has 0 unspecified atom stereocenters. The van der Waals surface area contributed by atoms with Crippen LogP contribution in [0.2, 0.25) is 5.02 Å². The highest BCUT2D eigenvalue weighted by Gasteiger charge is 2.27. The molecule has 1 fully saturated rings. The summed E-state index contributed by atoms with van der Waals surface area (Å²) in [6.07, 6.45) is 2.80. The Morgan fingerprint density at radius 2 is 1.69 bits per heavy atom. The van der Waals surface area contributed by atoms with Crippen molar-refractivity contribution in [1.29, 1.82) is 0 Å². The third-order valence-corrected chi connectivity index (χ3v) is 9.24. The van der Waals surface area contributed by atoms with Crippen LogP contribution in [0.25, 0.3) is 10.2 Å². The number of rotatable bonds is 6. The molecule has 0 N–H and O–H groups in total. The van der Waals surface area contributed by atoms with E-state index in [1.54, 1.807) is 23.1 Å². The van der Waals surface area contributed by atoms with E-state index >= 15 is 0 Å². The van der Waals surface area contributed by atoms with E-state index in [1.807, 2.05) is 42.5 Å². The second-order valence-electron chi connectivity index (χ2n) is 8.47. The molecule has 9 heteroatoms. The van der Waals surface area contributed by atoms with Gasteiger partial charge in [-0.1, -0.05) is 59.7 Å². The molecule has 0 aliphatic carbocycles. The predicted octanol–water partition coefficient (Wildman–Crippen LogP) is 5.97. The Bertz CT molecular complexity index is 1450. The second-order valence-corrected chi connectivity index (χ2v) is 11.9. The normalized spacial score (nSPS) is 14.8. The fourth-order valence-corrected chi connectivity index (χ4v) is 6.93. The number of hydrogen-bond donors (Lipinski definition) is 0. The molecule has 5 rings (SSSR count). The maximum Gasteiger partial charge on any atom is 0.260 e. The number of amides is 1. The minimum absolute atomic E-state index is 0.209. The number of carbonyl (C=O) groups is 1.